The highest BCUT2D eigenvalue weighted by Gasteiger charge is 2.21. The second-order valence-corrected chi connectivity index (χ2v) is 7.61. The van der Waals surface area contributed by atoms with Gasteiger partial charge in [-0.15, -0.1) is 0 Å². The van der Waals surface area contributed by atoms with Crippen LogP contribution in [-0.4, -0.2) is 4.98 Å². The Hall–Kier alpha value is -2.65. The second kappa shape index (κ2) is 6.26. The van der Waals surface area contributed by atoms with Crippen molar-refractivity contribution in [3.63, 3.8) is 0 Å². The monoisotopic (exact) mass is 400 g/mol. The Morgan fingerprint density at radius 2 is 1.65 bits per heavy atom. The number of para-hydroxylation sites is 2. The van der Waals surface area contributed by atoms with Gasteiger partial charge in [-0.1, -0.05) is 64.5 Å². The zero-order chi connectivity index (χ0) is 17.5. The van der Waals surface area contributed by atoms with E-state index >= 15 is 0 Å². The summed E-state index contributed by atoms with van der Waals surface area (Å²) in [5.41, 5.74) is 7.53. The molecule has 1 N–H and O–H groups in total. The molecule has 126 valence electrons. The number of benzene rings is 3. The van der Waals surface area contributed by atoms with Gasteiger partial charge in [-0.2, -0.15) is 0 Å². The molecule has 0 radical (unpaired) electrons. The summed E-state index contributed by atoms with van der Waals surface area (Å²) >= 11 is 3.53. The molecule has 2 heterocycles. The highest BCUT2D eigenvalue weighted by molar-refractivity contribution is 9.10. The SMILES string of the molecule is Brc1ccc(Cc2c3c(nc4ccccc24)Nc2ccccc2C3)cc1. The van der Waals surface area contributed by atoms with Gasteiger partial charge in [0.1, 0.15) is 5.82 Å². The quantitative estimate of drug-likeness (QED) is 0.379. The van der Waals surface area contributed by atoms with Crippen LogP contribution in [0.4, 0.5) is 11.5 Å². The lowest BCUT2D eigenvalue weighted by molar-refractivity contribution is 1.06. The van der Waals surface area contributed by atoms with Gasteiger partial charge in [-0.25, -0.2) is 4.98 Å². The Bertz CT molecular complexity index is 1120. The van der Waals surface area contributed by atoms with Gasteiger partial charge in [0, 0.05) is 27.5 Å². The maximum Gasteiger partial charge on any atom is 0.134 e. The molecule has 0 spiro atoms. The molecule has 0 amide bonds. The number of nitrogens with zero attached hydrogens (tertiary/aromatic N) is 1. The molecule has 0 saturated carbocycles. The fourth-order valence-corrected chi connectivity index (χ4v) is 4.00. The number of nitrogens with one attached hydrogen (secondary N) is 1. The van der Waals surface area contributed by atoms with Crippen molar-refractivity contribution >= 4 is 38.3 Å². The van der Waals surface area contributed by atoms with Crippen LogP contribution in [0, 0.1) is 0 Å². The van der Waals surface area contributed by atoms with Gasteiger partial charge in [-0.05, 0) is 47.4 Å². The van der Waals surface area contributed by atoms with Crippen LogP contribution < -0.4 is 5.32 Å². The van der Waals surface area contributed by atoms with Crippen molar-refractivity contribution in [2.75, 3.05) is 5.32 Å². The van der Waals surface area contributed by atoms with E-state index in [1.807, 2.05) is 0 Å². The minimum absolute atomic E-state index is 0.905. The number of halogens is 1. The normalized spacial score (nSPS) is 12.3. The smallest absolute Gasteiger partial charge is 0.134 e. The Labute approximate surface area is 161 Å². The van der Waals surface area contributed by atoms with Crippen molar-refractivity contribution in [2.45, 2.75) is 12.8 Å². The molecule has 2 nitrogen and oxygen atoms in total. The number of aromatic nitrogens is 1. The number of hydrogen-bond donors (Lipinski definition) is 1. The van der Waals surface area contributed by atoms with Crippen LogP contribution in [0.5, 0.6) is 0 Å². The molecular formula is C23H17BrN2. The van der Waals surface area contributed by atoms with Crippen LogP contribution in [0.25, 0.3) is 10.9 Å². The van der Waals surface area contributed by atoms with E-state index in [-0.39, 0.29) is 0 Å². The lowest BCUT2D eigenvalue weighted by Gasteiger charge is -2.24. The van der Waals surface area contributed by atoms with E-state index in [0.717, 1.165) is 34.3 Å². The molecule has 3 aromatic carbocycles. The molecule has 0 bridgehead atoms. The summed E-state index contributed by atoms with van der Waals surface area (Å²) in [5.74, 6) is 0.995. The summed E-state index contributed by atoms with van der Waals surface area (Å²) in [5, 5.41) is 4.79. The maximum atomic E-state index is 4.91. The first-order valence-corrected chi connectivity index (χ1v) is 9.57. The molecule has 26 heavy (non-hydrogen) atoms. The minimum Gasteiger partial charge on any atom is -0.340 e. The Balaban J connectivity index is 1.69. The van der Waals surface area contributed by atoms with Crippen molar-refractivity contribution in [3.8, 4) is 0 Å². The van der Waals surface area contributed by atoms with E-state index in [1.165, 1.54) is 27.6 Å². The fraction of sp³-hybridized carbons (Fsp3) is 0.0870. The van der Waals surface area contributed by atoms with E-state index in [2.05, 4.69) is 94.0 Å². The van der Waals surface area contributed by atoms with E-state index in [1.54, 1.807) is 0 Å². The Morgan fingerprint density at radius 3 is 2.54 bits per heavy atom. The van der Waals surface area contributed by atoms with E-state index < -0.39 is 0 Å². The maximum absolute atomic E-state index is 4.91. The summed E-state index contributed by atoms with van der Waals surface area (Å²) < 4.78 is 1.11. The summed E-state index contributed by atoms with van der Waals surface area (Å²) in [6.45, 7) is 0. The second-order valence-electron chi connectivity index (χ2n) is 6.70. The summed E-state index contributed by atoms with van der Waals surface area (Å²) in [6, 6.07) is 25.6. The third-order valence-corrected chi connectivity index (χ3v) is 5.57. The van der Waals surface area contributed by atoms with Gasteiger partial charge < -0.3 is 5.32 Å². The number of pyridine rings is 1. The summed E-state index contributed by atoms with van der Waals surface area (Å²) in [7, 11) is 0. The van der Waals surface area contributed by atoms with E-state index in [4.69, 9.17) is 4.98 Å². The first-order valence-electron chi connectivity index (χ1n) is 8.78. The van der Waals surface area contributed by atoms with Crippen molar-refractivity contribution in [2.24, 2.45) is 0 Å². The average Bonchev–Trinajstić information content (AvgIpc) is 2.68. The van der Waals surface area contributed by atoms with Crippen molar-refractivity contribution < 1.29 is 0 Å². The molecule has 1 aliphatic heterocycles. The topological polar surface area (TPSA) is 24.9 Å². The van der Waals surface area contributed by atoms with Gasteiger partial charge in [0.15, 0.2) is 0 Å². The molecule has 0 fully saturated rings. The first-order chi connectivity index (χ1) is 12.8. The fourth-order valence-electron chi connectivity index (χ4n) is 3.74. The molecule has 0 aliphatic carbocycles. The van der Waals surface area contributed by atoms with Crippen LogP contribution >= 0.6 is 15.9 Å². The predicted molar refractivity (Wildman–Crippen MR) is 111 cm³/mol. The Kier molecular flexibility index (Phi) is 3.75. The van der Waals surface area contributed by atoms with Gasteiger partial charge in [0.05, 0.1) is 5.52 Å². The molecule has 0 unspecified atom stereocenters. The molecule has 1 aromatic heterocycles. The molecule has 0 saturated heterocycles. The highest BCUT2D eigenvalue weighted by Crippen LogP contribution is 2.37. The summed E-state index contributed by atoms with van der Waals surface area (Å²) in [4.78, 5) is 4.91. The van der Waals surface area contributed by atoms with Gasteiger partial charge in [-0.3, -0.25) is 0 Å². The Morgan fingerprint density at radius 1 is 0.885 bits per heavy atom. The first kappa shape index (κ1) is 15.6. The van der Waals surface area contributed by atoms with Crippen LogP contribution in [0.1, 0.15) is 22.3 Å². The molecule has 1 aliphatic rings. The van der Waals surface area contributed by atoms with Crippen molar-refractivity contribution in [1.29, 1.82) is 0 Å². The van der Waals surface area contributed by atoms with Crippen molar-refractivity contribution in [1.82, 2.24) is 4.98 Å². The summed E-state index contributed by atoms with van der Waals surface area (Å²) in [6.07, 6.45) is 1.82. The average molecular weight is 401 g/mol. The standard InChI is InChI=1S/C23H17BrN2/c24-17-11-9-15(10-12-17)13-19-18-6-2-4-8-22(18)26-23-20(19)14-16-5-1-3-7-21(16)25-23/h1-12H,13-14H2,(H,25,26). The van der Waals surface area contributed by atoms with E-state index in [0.29, 0.717) is 0 Å². The lowest BCUT2D eigenvalue weighted by Crippen LogP contribution is -2.12. The van der Waals surface area contributed by atoms with Gasteiger partial charge >= 0.3 is 0 Å². The van der Waals surface area contributed by atoms with Gasteiger partial charge in [0.2, 0.25) is 0 Å². The number of fused-ring (bicyclic) bond motifs is 3. The van der Waals surface area contributed by atoms with Gasteiger partial charge in [0.25, 0.3) is 0 Å². The highest BCUT2D eigenvalue weighted by atomic mass is 79.9. The largest absolute Gasteiger partial charge is 0.340 e. The molecule has 0 atom stereocenters. The van der Waals surface area contributed by atoms with E-state index in [9.17, 15) is 0 Å². The van der Waals surface area contributed by atoms with Crippen molar-refractivity contribution in [3.05, 3.63) is 99.5 Å². The molecule has 4 aromatic rings. The molecular weight excluding hydrogens is 384 g/mol. The molecule has 5 rings (SSSR count). The lowest BCUT2D eigenvalue weighted by atomic mass is 9.90. The number of rotatable bonds is 2. The number of anilines is 2. The van der Waals surface area contributed by atoms with Crippen LogP contribution in [0.2, 0.25) is 0 Å². The zero-order valence-electron chi connectivity index (χ0n) is 14.2. The van der Waals surface area contributed by atoms with Crippen LogP contribution in [0.15, 0.2) is 77.3 Å². The van der Waals surface area contributed by atoms with Crippen LogP contribution in [0.3, 0.4) is 0 Å². The number of hydrogen-bond acceptors (Lipinski definition) is 2. The third-order valence-electron chi connectivity index (χ3n) is 5.04. The predicted octanol–water partition coefficient (Wildman–Crippen LogP) is 6.24. The zero-order valence-corrected chi connectivity index (χ0v) is 15.8. The third kappa shape index (κ3) is 2.69. The van der Waals surface area contributed by atoms with Crippen LogP contribution in [-0.2, 0) is 12.8 Å². The minimum atomic E-state index is 0.905. The molecule has 3 heteroatoms.